The lowest BCUT2D eigenvalue weighted by Gasteiger charge is -2.27. The summed E-state index contributed by atoms with van der Waals surface area (Å²) in [7, 11) is 0. The Balaban J connectivity index is 1.47. The lowest BCUT2D eigenvalue weighted by atomic mass is 9.78. The predicted molar refractivity (Wildman–Crippen MR) is 141 cm³/mol. The molecule has 4 rings (SSSR count). The van der Waals surface area contributed by atoms with Gasteiger partial charge in [-0.15, -0.1) is 0 Å². The molecule has 1 aliphatic rings. The van der Waals surface area contributed by atoms with Gasteiger partial charge in [-0.1, -0.05) is 44.5 Å². The molecule has 0 saturated heterocycles. The van der Waals surface area contributed by atoms with Gasteiger partial charge < -0.3 is 4.74 Å². The molecule has 1 fully saturated rings. The molecule has 1 nitrogen and oxygen atoms in total. The Labute approximate surface area is 213 Å². The zero-order valence-corrected chi connectivity index (χ0v) is 21.5. The maximum atomic E-state index is 15.0. The summed E-state index contributed by atoms with van der Waals surface area (Å²) in [4.78, 5) is 0. The number of hydrogen-bond donors (Lipinski definition) is 0. The zero-order chi connectivity index (χ0) is 25.8. The van der Waals surface area contributed by atoms with Crippen molar-refractivity contribution in [3.05, 3.63) is 106 Å². The summed E-state index contributed by atoms with van der Waals surface area (Å²) in [5, 5.41) is 0. The molecule has 0 heterocycles. The SMILES string of the molecule is C=C(c1ccc(OCC)cc1)c1cc(F)c(CCc2cc(F)c(C3CCC(C)CC3)cc2C)cc1F. The zero-order valence-electron chi connectivity index (χ0n) is 21.5. The first kappa shape index (κ1) is 26.1. The molecule has 0 amide bonds. The number of hydrogen-bond acceptors (Lipinski definition) is 1. The van der Waals surface area contributed by atoms with Gasteiger partial charge in [0.15, 0.2) is 0 Å². The third-order valence-corrected chi connectivity index (χ3v) is 7.55. The van der Waals surface area contributed by atoms with E-state index in [0.29, 0.717) is 42.3 Å². The smallest absolute Gasteiger partial charge is 0.131 e. The molecule has 1 saturated carbocycles. The Morgan fingerprint density at radius 1 is 0.861 bits per heavy atom. The van der Waals surface area contributed by atoms with Gasteiger partial charge in [0.25, 0.3) is 0 Å². The Hall–Kier alpha value is -3.01. The van der Waals surface area contributed by atoms with E-state index in [1.807, 2.05) is 19.9 Å². The molecule has 1 aliphatic carbocycles. The van der Waals surface area contributed by atoms with Crippen LogP contribution in [0.5, 0.6) is 5.75 Å². The van der Waals surface area contributed by atoms with Crippen LogP contribution in [0.2, 0.25) is 0 Å². The molecule has 0 N–H and O–H groups in total. The summed E-state index contributed by atoms with van der Waals surface area (Å²) in [5.74, 6) is 0.522. The monoisotopic (exact) mass is 492 g/mol. The van der Waals surface area contributed by atoms with Gasteiger partial charge >= 0.3 is 0 Å². The van der Waals surface area contributed by atoms with Crippen molar-refractivity contribution in [3.8, 4) is 5.75 Å². The van der Waals surface area contributed by atoms with E-state index in [9.17, 15) is 4.39 Å². The number of rotatable bonds is 8. The summed E-state index contributed by atoms with van der Waals surface area (Å²) in [6, 6.07) is 13.2. The first-order valence-corrected chi connectivity index (χ1v) is 13.0. The lowest BCUT2D eigenvalue weighted by Crippen LogP contribution is -2.13. The molecule has 3 aromatic rings. The summed E-state index contributed by atoms with van der Waals surface area (Å²) >= 11 is 0. The number of benzene rings is 3. The van der Waals surface area contributed by atoms with Crippen molar-refractivity contribution in [1.82, 2.24) is 0 Å². The summed E-state index contributed by atoms with van der Waals surface area (Å²) < 4.78 is 50.4. The molecule has 190 valence electrons. The second-order valence-corrected chi connectivity index (χ2v) is 10.1. The lowest BCUT2D eigenvalue weighted by molar-refractivity contribution is 0.340. The van der Waals surface area contributed by atoms with E-state index < -0.39 is 11.6 Å². The van der Waals surface area contributed by atoms with Crippen molar-refractivity contribution in [3.63, 3.8) is 0 Å². The van der Waals surface area contributed by atoms with Crippen LogP contribution in [0, 0.1) is 30.3 Å². The van der Waals surface area contributed by atoms with Gasteiger partial charge in [-0.05, 0) is 115 Å². The molecule has 36 heavy (non-hydrogen) atoms. The van der Waals surface area contributed by atoms with Crippen LogP contribution in [-0.2, 0) is 12.8 Å². The van der Waals surface area contributed by atoms with E-state index in [0.717, 1.165) is 42.4 Å². The second-order valence-electron chi connectivity index (χ2n) is 10.1. The fourth-order valence-electron chi connectivity index (χ4n) is 5.25. The average molecular weight is 493 g/mol. The van der Waals surface area contributed by atoms with E-state index in [1.165, 1.54) is 12.1 Å². The van der Waals surface area contributed by atoms with Crippen LogP contribution in [0.15, 0.2) is 55.1 Å². The van der Waals surface area contributed by atoms with Crippen molar-refractivity contribution in [2.45, 2.75) is 65.2 Å². The van der Waals surface area contributed by atoms with E-state index in [1.54, 1.807) is 30.3 Å². The minimum atomic E-state index is -0.518. The van der Waals surface area contributed by atoms with E-state index in [2.05, 4.69) is 13.5 Å². The van der Waals surface area contributed by atoms with Crippen molar-refractivity contribution in [2.75, 3.05) is 6.61 Å². The van der Waals surface area contributed by atoms with Gasteiger partial charge in [-0.3, -0.25) is 0 Å². The van der Waals surface area contributed by atoms with Crippen LogP contribution in [0.1, 0.15) is 78.8 Å². The molecule has 0 aromatic heterocycles. The van der Waals surface area contributed by atoms with Gasteiger partial charge in [0.1, 0.15) is 23.2 Å². The largest absolute Gasteiger partial charge is 0.494 e. The molecular weight excluding hydrogens is 457 g/mol. The first-order chi connectivity index (χ1) is 17.3. The Morgan fingerprint density at radius 2 is 1.50 bits per heavy atom. The Bertz CT molecular complexity index is 1220. The maximum absolute atomic E-state index is 15.0. The van der Waals surface area contributed by atoms with E-state index >= 15 is 8.78 Å². The van der Waals surface area contributed by atoms with Crippen LogP contribution in [-0.4, -0.2) is 6.61 Å². The molecule has 0 unspecified atom stereocenters. The van der Waals surface area contributed by atoms with Gasteiger partial charge in [0.05, 0.1) is 6.61 Å². The predicted octanol–water partition coefficient (Wildman–Crippen LogP) is 8.95. The highest BCUT2D eigenvalue weighted by molar-refractivity contribution is 5.78. The van der Waals surface area contributed by atoms with Gasteiger partial charge in [-0.2, -0.15) is 0 Å². The topological polar surface area (TPSA) is 9.23 Å². The quantitative estimate of drug-likeness (QED) is 0.305. The normalized spacial score (nSPS) is 17.7. The molecule has 0 spiro atoms. The van der Waals surface area contributed by atoms with E-state index in [4.69, 9.17) is 4.74 Å². The summed E-state index contributed by atoms with van der Waals surface area (Å²) in [6.07, 6.45) is 5.05. The summed E-state index contributed by atoms with van der Waals surface area (Å²) in [5.41, 5.74) is 4.16. The fourth-order valence-corrected chi connectivity index (χ4v) is 5.25. The van der Waals surface area contributed by atoms with Crippen molar-refractivity contribution in [1.29, 1.82) is 0 Å². The number of ether oxygens (including phenoxy) is 1. The molecule has 4 heteroatoms. The van der Waals surface area contributed by atoms with Gasteiger partial charge in [-0.25, -0.2) is 13.2 Å². The number of halogens is 3. The Kier molecular flexibility index (Phi) is 8.23. The molecule has 0 atom stereocenters. The average Bonchev–Trinajstić information content (AvgIpc) is 2.86. The molecule has 0 aliphatic heterocycles. The highest BCUT2D eigenvalue weighted by Crippen LogP contribution is 2.37. The minimum absolute atomic E-state index is 0.133. The third-order valence-electron chi connectivity index (χ3n) is 7.55. The highest BCUT2D eigenvalue weighted by Gasteiger charge is 2.23. The minimum Gasteiger partial charge on any atom is -0.494 e. The first-order valence-electron chi connectivity index (χ1n) is 13.0. The Morgan fingerprint density at radius 3 is 2.17 bits per heavy atom. The van der Waals surface area contributed by atoms with Crippen molar-refractivity contribution < 1.29 is 17.9 Å². The summed E-state index contributed by atoms with van der Waals surface area (Å²) in [6.45, 7) is 10.7. The van der Waals surface area contributed by atoms with Crippen molar-refractivity contribution in [2.24, 2.45) is 5.92 Å². The molecule has 0 bridgehead atoms. The molecular formula is C32H35F3O. The maximum Gasteiger partial charge on any atom is 0.131 e. The fraction of sp³-hybridized carbons (Fsp3) is 0.375. The van der Waals surface area contributed by atoms with Crippen LogP contribution >= 0.6 is 0 Å². The van der Waals surface area contributed by atoms with Crippen LogP contribution in [0.4, 0.5) is 13.2 Å². The van der Waals surface area contributed by atoms with E-state index in [-0.39, 0.29) is 22.9 Å². The molecule has 0 radical (unpaired) electrons. The third kappa shape index (κ3) is 5.86. The highest BCUT2D eigenvalue weighted by atomic mass is 19.1. The van der Waals surface area contributed by atoms with Crippen LogP contribution in [0.3, 0.4) is 0 Å². The second kappa shape index (κ2) is 11.4. The van der Waals surface area contributed by atoms with Crippen LogP contribution < -0.4 is 4.74 Å². The van der Waals surface area contributed by atoms with Crippen molar-refractivity contribution >= 4 is 5.57 Å². The van der Waals surface area contributed by atoms with Gasteiger partial charge in [0, 0.05) is 5.56 Å². The van der Waals surface area contributed by atoms with Crippen LogP contribution in [0.25, 0.3) is 5.57 Å². The van der Waals surface area contributed by atoms with Gasteiger partial charge in [0.2, 0.25) is 0 Å². The molecule has 3 aromatic carbocycles. The number of aryl methyl sites for hydroxylation is 3. The standard InChI is InChI=1S/C32H35F3O/c1-5-36-27-14-12-23(13-15-27)22(4)28-19-30(33)26(18-31(28)34)11-10-25-17-32(35)29(16-21(25)3)24-8-6-20(2)7-9-24/h12-20,24H,4-11H2,1-3H3.